The van der Waals surface area contributed by atoms with Gasteiger partial charge < -0.3 is 33.3 Å². The van der Waals surface area contributed by atoms with Crippen LogP contribution in [-0.2, 0) is 33.3 Å². The predicted octanol–water partition coefficient (Wildman–Crippen LogP) is 15.8. The van der Waals surface area contributed by atoms with E-state index in [2.05, 4.69) is 38.2 Å². The number of nitrogens with zero attached hydrogens (tertiary/aromatic N) is 1. The van der Waals surface area contributed by atoms with E-state index in [1.54, 1.807) is 0 Å². The predicted molar refractivity (Wildman–Crippen MR) is 288 cm³/mol. The Bertz CT molecular complexity index is 1180. The molecule has 0 saturated heterocycles. The summed E-state index contributed by atoms with van der Waals surface area (Å²) in [6.07, 6.45) is 58.0. The molecule has 0 N–H and O–H groups in total. The molecule has 0 spiro atoms. The van der Waals surface area contributed by atoms with Gasteiger partial charge in [-0.15, -0.1) is 0 Å². The molecule has 0 rings (SSSR count). The molecule has 9 heteroatoms. The molecule has 69 heavy (non-hydrogen) atoms. The Morgan fingerprint density at radius 1 is 0.435 bits per heavy atom. The lowest BCUT2D eigenvalue weighted by Crippen LogP contribution is -2.44. The van der Waals surface area contributed by atoms with E-state index in [9.17, 15) is 19.5 Å². The molecule has 2 unspecified atom stereocenters. The zero-order valence-electron chi connectivity index (χ0n) is 46.2. The number of hydrogen-bond acceptors (Lipinski definition) is 8. The van der Waals surface area contributed by atoms with E-state index in [4.69, 9.17) is 18.9 Å². The fraction of sp³-hybridized carbons (Fsp3) is 0.883. The zero-order valence-corrected chi connectivity index (χ0v) is 46.2. The first-order valence-corrected chi connectivity index (χ1v) is 29.5. The van der Waals surface area contributed by atoms with E-state index in [-0.39, 0.29) is 32.2 Å². The minimum atomic E-state index is -1.62. The molecular formula is C60H113NO8. The number of likely N-dealkylation sites (N-methyl/N-ethyl adjacent to an activating group) is 1. The molecule has 0 aliphatic heterocycles. The van der Waals surface area contributed by atoms with Crippen molar-refractivity contribution in [1.82, 2.24) is 0 Å². The molecule has 0 radical (unpaired) electrons. The largest absolute Gasteiger partial charge is 0.545 e. The van der Waals surface area contributed by atoms with Crippen molar-refractivity contribution in [2.24, 2.45) is 0 Å². The second-order valence-corrected chi connectivity index (χ2v) is 21.3. The molecule has 0 fully saturated rings. The van der Waals surface area contributed by atoms with Crippen molar-refractivity contribution in [2.75, 3.05) is 47.5 Å². The Morgan fingerprint density at radius 3 is 1.17 bits per heavy atom. The third-order valence-electron chi connectivity index (χ3n) is 13.2. The van der Waals surface area contributed by atoms with E-state index in [1.807, 2.05) is 21.1 Å². The Balaban J connectivity index is 4.18. The van der Waals surface area contributed by atoms with Gasteiger partial charge >= 0.3 is 11.9 Å². The van der Waals surface area contributed by atoms with Gasteiger partial charge in [-0.1, -0.05) is 250 Å². The van der Waals surface area contributed by atoms with Crippen LogP contribution in [0.4, 0.5) is 0 Å². The van der Waals surface area contributed by atoms with Gasteiger partial charge in [-0.05, 0) is 44.9 Å². The fourth-order valence-electron chi connectivity index (χ4n) is 8.63. The number of carboxylic acids is 1. The third kappa shape index (κ3) is 53.4. The molecule has 0 aromatic heterocycles. The van der Waals surface area contributed by atoms with Crippen LogP contribution < -0.4 is 5.11 Å². The van der Waals surface area contributed by atoms with Crippen molar-refractivity contribution in [1.29, 1.82) is 0 Å². The van der Waals surface area contributed by atoms with E-state index in [0.29, 0.717) is 23.9 Å². The molecular weight excluding hydrogens is 863 g/mol. The van der Waals surface area contributed by atoms with Crippen LogP contribution in [0.2, 0.25) is 0 Å². The lowest BCUT2D eigenvalue weighted by atomic mass is 10.0. The quantitative estimate of drug-likeness (QED) is 0.0195. The summed E-state index contributed by atoms with van der Waals surface area (Å²) in [5, 5.41) is 11.8. The van der Waals surface area contributed by atoms with Gasteiger partial charge in [-0.2, -0.15) is 0 Å². The first-order chi connectivity index (χ1) is 33.6. The van der Waals surface area contributed by atoms with Crippen LogP contribution in [0.1, 0.15) is 284 Å². The summed E-state index contributed by atoms with van der Waals surface area (Å²) in [5.74, 6) is -2.27. The topological polar surface area (TPSA) is 111 Å². The summed E-state index contributed by atoms with van der Waals surface area (Å²) >= 11 is 0. The van der Waals surface area contributed by atoms with Gasteiger partial charge in [-0.3, -0.25) is 9.59 Å². The highest BCUT2D eigenvalue weighted by Gasteiger charge is 2.22. The lowest BCUT2D eigenvalue weighted by molar-refractivity contribution is -0.870. The van der Waals surface area contributed by atoms with E-state index in [0.717, 1.165) is 51.4 Å². The maximum absolute atomic E-state index is 12.8. The summed E-state index contributed by atoms with van der Waals surface area (Å²) in [4.78, 5) is 37.3. The minimum absolute atomic E-state index is 0.149. The molecule has 0 heterocycles. The number of allylic oxidation sites excluding steroid dienone is 4. The number of carboxylic acid groups (broad SMARTS) is 1. The number of ether oxygens (including phenoxy) is 4. The average Bonchev–Trinajstić information content (AvgIpc) is 3.31. The molecule has 0 aromatic rings. The number of carbonyl (C=O) groups is 3. The highest BCUT2D eigenvalue weighted by atomic mass is 16.7. The Hall–Kier alpha value is -2.23. The van der Waals surface area contributed by atoms with Crippen molar-refractivity contribution in [3.8, 4) is 0 Å². The Kier molecular flexibility index (Phi) is 50.4. The Labute approximate surface area is 427 Å². The first-order valence-electron chi connectivity index (χ1n) is 29.5. The van der Waals surface area contributed by atoms with Crippen LogP contribution in [-0.4, -0.2) is 82.3 Å². The van der Waals surface area contributed by atoms with Crippen molar-refractivity contribution >= 4 is 17.9 Å². The van der Waals surface area contributed by atoms with Crippen molar-refractivity contribution in [3.63, 3.8) is 0 Å². The molecule has 0 aliphatic carbocycles. The van der Waals surface area contributed by atoms with Gasteiger partial charge in [0.25, 0.3) is 0 Å². The molecule has 406 valence electrons. The molecule has 0 amide bonds. The first kappa shape index (κ1) is 66.8. The summed E-state index contributed by atoms with van der Waals surface area (Å²) in [5.41, 5.74) is 0. The maximum atomic E-state index is 12.8. The van der Waals surface area contributed by atoms with Gasteiger partial charge in [-0.25, -0.2) is 0 Å². The second-order valence-electron chi connectivity index (χ2n) is 21.3. The Morgan fingerprint density at radius 2 is 0.783 bits per heavy atom. The van der Waals surface area contributed by atoms with Gasteiger partial charge in [0, 0.05) is 12.8 Å². The lowest BCUT2D eigenvalue weighted by Gasteiger charge is -2.26. The zero-order chi connectivity index (χ0) is 50.6. The normalized spacial score (nSPS) is 12.9. The standard InChI is InChI=1S/C60H113NO8/c1-6-8-10-12-14-16-18-20-22-24-26-27-28-29-30-31-33-34-36-38-40-42-44-46-48-50-57(62)67-54-56(55-68-60(59(64)65)66-53-52-61(3,4)5)69-58(63)51-49-47-45-43-41-39-37-35-32-25-23-21-19-17-15-13-11-9-7-2/h15,17,21,23,56,60H,6-14,16,18-20,22,24-55H2,1-5H3/b17-15-,23-21-. The number of unbranched alkanes of at least 4 members (excludes halogenated alkanes) is 36. The fourth-order valence-corrected chi connectivity index (χ4v) is 8.63. The van der Waals surface area contributed by atoms with Crippen LogP contribution in [0, 0.1) is 0 Å². The number of hydrogen-bond donors (Lipinski definition) is 0. The summed E-state index contributed by atoms with van der Waals surface area (Å²) in [6, 6.07) is 0. The maximum Gasteiger partial charge on any atom is 0.306 e. The summed E-state index contributed by atoms with van der Waals surface area (Å²) < 4.78 is 22.7. The van der Waals surface area contributed by atoms with Gasteiger partial charge in [0.05, 0.1) is 40.3 Å². The molecule has 0 bridgehead atoms. The van der Waals surface area contributed by atoms with Gasteiger partial charge in [0.1, 0.15) is 13.2 Å². The summed E-state index contributed by atoms with van der Waals surface area (Å²) in [6.45, 7) is 4.77. The van der Waals surface area contributed by atoms with Crippen LogP contribution in [0.25, 0.3) is 0 Å². The second kappa shape index (κ2) is 52.1. The van der Waals surface area contributed by atoms with Crippen molar-refractivity contribution < 1.29 is 42.9 Å². The van der Waals surface area contributed by atoms with Crippen LogP contribution in [0.3, 0.4) is 0 Å². The van der Waals surface area contributed by atoms with Gasteiger partial charge in [0.15, 0.2) is 12.4 Å². The smallest absolute Gasteiger partial charge is 0.306 e. The van der Waals surface area contributed by atoms with Crippen LogP contribution in [0.5, 0.6) is 0 Å². The average molecular weight is 977 g/mol. The third-order valence-corrected chi connectivity index (χ3v) is 13.2. The summed E-state index contributed by atoms with van der Waals surface area (Å²) in [7, 11) is 5.93. The van der Waals surface area contributed by atoms with Crippen molar-refractivity contribution in [3.05, 3.63) is 24.3 Å². The number of carbonyl (C=O) groups excluding carboxylic acids is 3. The highest BCUT2D eigenvalue weighted by molar-refractivity contribution is 5.70. The van der Waals surface area contributed by atoms with Crippen LogP contribution >= 0.6 is 0 Å². The highest BCUT2D eigenvalue weighted by Crippen LogP contribution is 2.17. The number of esters is 2. The van der Waals surface area contributed by atoms with E-state index >= 15 is 0 Å². The van der Waals surface area contributed by atoms with Gasteiger partial charge in [0.2, 0.25) is 0 Å². The monoisotopic (exact) mass is 976 g/mol. The number of quaternary nitrogens is 1. The number of aliphatic carboxylic acids is 1. The molecule has 0 aliphatic rings. The van der Waals surface area contributed by atoms with Crippen LogP contribution in [0.15, 0.2) is 24.3 Å². The number of rotatable bonds is 55. The van der Waals surface area contributed by atoms with Crippen molar-refractivity contribution in [2.45, 2.75) is 296 Å². The minimum Gasteiger partial charge on any atom is -0.545 e. The van der Waals surface area contributed by atoms with E-state index in [1.165, 1.54) is 199 Å². The molecule has 2 atom stereocenters. The van der Waals surface area contributed by atoms with E-state index < -0.39 is 24.3 Å². The molecule has 0 aromatic carbocycles. The molecule has 9 nitrogen and oxygen atoms in total. The molecule has 0 saturated carbocycles. The SMILES string of the molecule is CCCCC/C=C\C/C=C\CCCCCCCCCCCC(=O)OC(COC(=O)CCCCCCCCCCCCCCCCCCCCCCCCCCC)COC(OCC[N+](C)(C)C)C(=O)[O-].